The minimum atomic E-state index is -0.372. The van der Waals surface area contributed by atoms with Crippen LogP contribution in [0.2, 0.25) is 0 Å². The van der Waals surface area contributed by atoms with Crippen LogP contribution in [0.5, 0.6) is 0 Å². The molecule has 0 amide bonds. The summed E-state index contributed by atoms with van der Waals surface area (Å²) in [5.41, 5.74) is -0.0414. The summed E-state index contributed by atoms with van der Waals surface area (Å²) in [6.45, 7) is 1.42. The molecule has 2 unspecified atom stereocenters. The lowest BCUT2D eigenvalue weighted by atomic mass is 9.57. The van der Waals surface area contributed by atoms with Gasteiger partial charge in [-0.2, -0.15) is 0 Å². The van der Waals surface area contributed by atoms with Crippen molar-refractivity contribution in [2.24, 2.45) is 10.8 Å². The van der Waals surface area contributed by atoms with Crippen LogP contribution in [0.15, 0.2) is 12.2 Å². The van der Waals surface area contributed by atoms with Crippen molar-refractivity contribution in [3.8, 4) is 0 Å². The van der Waals surface area contributed by atoms with Gasteiger partial charge in [0.15, 0.2) is 5.79 Å². The number of carbonyl (C=O) groups is 1. The van der Waals surface area contributed by atoms with Crippen LogP contribution in [-0.4, -0.2) is 24.8 Å². The van der Waals surface area contributed by atoms with Gasteiger partial charge >= 0.3 is 0 Å². The monoisotopic (exact) mass is 234 g/mol. The first-order valence-electron chi connectivity index (χ1n) is 6.69. The first kappa shape index (κ1) is 10.3. The first-order chi connectivity index (χ1) is 8.21. The SMILES string of the molecule is O=C1CCC23C=CCC12CCC1(C3)OCCO1. The number of allylic oxidation sites excluding steroid dienone is 2. The molecule has 0 radical (unpaired) electrons. The maximum Gasteiger partial charge on any atom is 0.169 e. The molecule has 1 heterocycles. The van der Waals surface area contributed by atoms with Crippen LogP contribution >= 0.6 is 0 Å². The lowest BCUT2D eigenvalue weighted by Crippen LogP contribution is -2.50. The molecule has 0 aromatic carbocycles. The topological polar surface area (TPSA) is 35.5 Å². The van der Waals surface area contributed by atoms with Crippen molar-refractivity contribution in [1.82, 2.24) is 0 Å². The van der Waals surface area contributed by atoms with Gasteiger partial charge in [0, 0.05) is 30.1 Å². The molecule has 4 rings (SSSR count). The number of carbonyl (C=O) groups excluding carboxylic acids is 1. The lowest BCUT2D eigenvalue weighted by Gasteiger charge is -2.49. The minimum absolute atomic E-state index is 0.0483. The predicted molar refractivity (Wildman–Crippen MR) is 61.4 cm³/mol. The lowest BCUT2D eigenvalue weighted by molar-refractivity contribution is -0.214. The summed E-state index contributed by atoms with van der Waals surface area (Å²) in [7, 11) is 0. The van der Waals surface area contributed by atoms with E-state index < -0.39 is 0 Å². The third-order valence-electron chi connectivity index (χ3n) is 5.52. The van der Waals surface area contributed by atoms with Crippen molar-refractivity contribution >= 4 is 5.78 Å². The van der Waals surface area contributed by atoms with E-state index in [9.17, 15) is 4.79 Å². The summed E-state index contributed by atoms with van der Waals surface area (Å²) in [6.07, 6.45) is 9.93. The van der Waals surface area contributed by atoms with Crippen molar-refractivity contribution < 1.29 is 14.3 Å². The van der Waals surface area contributed by atoms with Gasteiger partial charge in [0.25, 0.3) is 0 Å². The van der Waals surface area contributed by atoms with Crippen molar-refractivity contribution in [1.29, 1.82) is 0 Å². The van der Waals surface area contributed by atoms with Gasteiger partial charge in [-0.15, -0.1) is 0 Å². The molecule has 3 heteroatoms. The fourth-order valence-corrected chi connectivity index (χ4v) is 4.66. The maximum atomic E-state index is 12.3. The molecule has 0 aromatic heterocycles. The molecule has 4 aliphatic rings. The van der Waals surface area contributed by atoms with E-state index in [0.29, 0.717) is 19.0 Å². The summed E-state index contributed by atoms with van der Waals surface area (Å²) < 4.78 is 11.7. The van der Waals surface area contributed by atoms with E-state index in [4.69, 9.17) is 9.47 Å². The van der Waals surface area contributed by atoms with Crippen LogP contribution in [0.25, 0.3) is 0 Å². The Labute approximate surface area is 101 Å². The van der Waals surface area contributed by atoms with Crippen molar-refractivity contribution in [3.63, 3.8) is 0 Å². The Morgan fingerprint density at radius 2 is 1.94 bits per heavy atom. The van der Waals surface area contributed by atoms with Gasteiger partial charge in [0.05, 0.1) is 13.2 Å². The standard InChI is InChI=1S/C14H18O3/c15-11-2-5-12-3-1-4-13(11,12)6-7-14(10-12)16-8-9-17-14/h1,3H,2,4-10H2. The number of ether oxygens (including phenoxy) is 2. The highest BCUT2D eigenvalue weighted by molar-refractivity contribution is 5.89. The molecule has 2 saturated carbocycles. The van der Waals surface area contributed by atoms with E-state index in [1.807, 2.05) is 0 Å². The Kier molecular flexibility index (Phi) is 1.82. The quantitative estimate of drug-likeness (QED) is 0.603. The summed E-state index contributed by atoms with van der Waals surface area (Å²) in [5.74, 6) is 0.110. The van der Waals surface area contributed by atoms with Crippen LogP contribution in [0, 0.1) is 10.8 Å². The van der Waals surface area contributed by atoms with Crippen LogP contribution in [0.1, 0.15) is 38.5 Å². The Balaban J connectivity index is 1.76. The van der Waals surface area contributed by atoms with Gasteiger partial charge in [-0.3, -0.25) is 4.79 Å². The average molecular weight is 234 g/mol. The number of hydrogen-bond acceptors (Lipinski definition) is 3. The molecular weight excluding hydrogens is 216 g/mol. The van der Waals surface area contributed by atoms with Gasteiger partial charge < -0.3 is 9.47 Å². The van der Waals surface area contributed by atoms with Crippen LogP contribution < -0.4 is 0 Å². The van der Waals surface area contributed by atoms with Crippen molar-refractivity contribution in [3.05, 3.63) is 12.2 Å². The molecule has 0 aromatic rings. The Bertz CT molecular complexity index is 408. The number of rotatable bonds is 0. The van der Waals surface area contributed by atoms with E-state index in [0.717, 1.165) is 38.5 Å². The second kappa shape index (κ2) is 3.01. The molecule has 3 nitrogen and oxygen atoms in total. The molecule has 1 saturated heterocycles. The Hall–Kier alpha value is -0.670. The highest BCUT2D eigenvalue weighted by Crippen LogP contribution is 2.67. The minimum Gasteiger partial charge on any atom is -0.348 e. The number of hydrogen-bond donors (Lipinski definition) is 0. The molecule has 0 bridgehead atoms. The van der Waals surface area contributed by atoms with Crippen LogP contribution in [0.4, 0.5) is 0 Å². The van der Waals surface area contributed by atoms with Gasteiger partial charge in [-0.25, -0.2) is 0 Å². The maximum absolute atomic E-state index is 12.3. The van der Waals surface area contributed by atoms with Crippen molar-refractivity contribution in [2.45, 2.75) is 44.3 Å². The summed E-state index contributed by atoms with van der Waals surface area (Å²) in [6, 6.07) is 0. The third kappa shape index (κ3) is 1.08. The average Bonchev–Trinajstić information content (AvgIpc) is 2.97. The largest absolute Gasteiger partial charge is 0.348 e. The zero-order chi connectivity index (χ0) is 11.6. The van der Waals surface area contributed by atoms with E-state index in [1.165, 1.54) is 0 Å². The second-order valence-corrected chi connectivity index (χ2v) is 6.05. The predicted octanol–water partition coefficient (Wildman–Crippen LogP) is 2.21. The number of Topliss-reactive ketones (excluding diaryl/α,β-unsaturated/α-hetero) is 1. The molecule has 17 heavy (non-hydrogen) atoms. The zero-order valence-electron chi connectivity index (χ0n) is 10.0. The van der Waals surface area contributed by atoms with E-state index >= 15 is 0 Å². The number of ketones is 1. The third-order valence-corrected chi connectivity index (χ3v) is 5.52. The van der Waals surface area contributed by atoms with Crippen molar-refractivity contribution in [2.75, 3.05) is 13.2 Å². The summed E-state index contributed by atoms with van der Waals surface area (Å²) in [5, 5.41) is 0. The molecule has 3 aliphatic carbocycles. The molecule has 92 valence electrons. The Morgan fingerprint density at radius 1 is 1.12 bits per heavy atom. The molecule has 2 atom stereocenters. The van der Waals surface area contributed by atoms with E-state index in [1.54, 1.807) is 0 Å². The smallest absolute Gasteiger partial charge is 0.169 e. The fraction of sp³-hybridized carbons (Fsp3) is 0.786. The fourth-order valence-electron chi connectivity index (χ4n) is 4.66. The molecule has 1 spiro atoms. The second-order valence-electron chi connectivity index (χ2n) is 6.05. The normalized spacial score (nSPS) is 46.5. The molecule has 1 aliphatic heterocycles. The van der Waals surface area contributed by atoms with Gasteiger partial charge in [0.2, 0.25) is 0 Å². The first-order valence-corrected chi connectivity index (χ1v) is 6.69. The molecule has 0 N–H and O–H groups in total. The van der Waals surface area contributed by atoms with Gasteiger partial charge in [-0.1, -0.05) is 12.2 Å². The zero-order valence-corrected chi connectivity index (χ0v) is 10.0. The highest BCUT2D eigenvalue weighted by atomic mass is 16.7. The van der Waals surface area contributed by atoms with Gasteiger partial charge in [0.1, 0.15) is 5.78 Å². The Morgan fingerprint density at radius 3 is 2.76 bits per heavy atom. The van der Waals surface area contributed by atoms with E-state index in [-0.39, 0.29) is 16.6 Å². The molecular formula is C14H18O3. The van der Waals surface area contributed by atoms with Gasteiger partial charge in [-0.05, 0) is 19.3 Å². The van der Waals surface area contributed by atoms with Crippen LogP contribution in [0.3, 0.4) is 0 Å². The van der Waals surface area contributed by atoms with E-state index in [2.05, 4.69) is 12.2 Å². The summed E-state index contributed by atoms with van der Waals surface area (Å²) >= 11 is 0. The van der Waals surface area contributed by atoms with Crippen LogP contribution in [-0.2, 0) is 14.3 Å². The highest BCUT2D eigenvalue weighted by Gasteiger charge is 2.66. The molecule has 3 fully saturated rings. The summed E-state index contributed by atoms with van der Waals surface area (Å²) in [4.78, 5) is 12.3.